The Bertz CT molecular complexity index is 1140. The van der Waals surface area contributed by atoms with Crippen LogP contribution in [0.25, 0.3) is 11.0 Å². The maximum Gasteiger partial charge on any atom is 0.272 e. The number of fused-ring (bicyclic) bond motifs is 1. The molecule has 0 spiro atoms. The second-order valence-corrected chi connectivity index (χ2v) is 9.41. The summed E-state index contributed by atoms with van der Waals surface area (Å²) in [6.45, 7) is 8.00. The molecule has 3 aromatic rings. The Morgan fingerprint density at radius 2 is 1.85 bits per heavy atom. The quantitative estimate of drug-likeness (QED) is 0.594. The molecule has 0 saturated carbocycles. The van der Waals surface area contributed by atoms with Gasteiger partial charge in [0.25, 0.3) is 5.91 Å². The third-order valence-electron chi connectivity index (χ3n) is 6.66. The molecule has 5 rings (SSSR count). The third-order valence-corrected chi connectivity index (χ3v) is 6.66. The summed E-state index contributed by atoms with van der Waals surface area (Å²) in [4.78, 5) is 30.8. The van der Waals surface area contributed by atoms with E-state index in [0.29, 0.717) is 23.4 Å². The van der Waals surface area contributed by atoms with Gasteiger partial charge in [0.2, 0.25) is 5.95 Å². The van der Waals surface area contributed by atoms with Crippen molar-refractivity contribution in [3.05, 3.63) is 36.3 Å². The number of amides is 1. The van der Waals surface area contributed by atoms with Gasteiger partial charge < -0.3 is 25.4 Å². The predicted molar refractivity (Wildman–Crippen MR) is 134 cm³/mol. The molecule has 0 bridgehead atoms. The zero-order valence-electron chi connectivity index (χ0n) is 20.2. The number of nitrogens with zero attached hydrogens (tertiary/aromatic N) is 7. The number of carbonyl (C=O) groups excluding carboxylic acids is 1. The lowest BCUT2D eigenvalue weighted by Crippen LogP contribution is -2.43. The van der Waals surface area contributed by atoms with Crippen LogP contribution >= 0.6 is 0 Å². The number of hydrogen-bond donors (Lipinski definition) is 2. The molecule has 0 radical (unpaired) electrons. The van der Waals surface area contributed by atoms with Crippen LogP contribution in [0, 0.1) is 5.92 Å². The highest BCUT2D eigenvalue weighted by atomic mass is 16.2. The summed E-state index contributed by atoms with van der Waals surface area (Å²) < 4.78 is 1.98. The summed E-state index contributed by atoms with van der Waals surface area (Å²) >= 11 is 0. The fraction of sp³-hybridized carbons (Fsp3) is 0.500. The summed E-state index contributed by atoms with van der Waals surface area (Å²) in [5, 5.41) is 9.68. The number of piperidine rings is 1. The van der Waals surface area contributed by atoms with Crippen LogP contribution in [0.5, 0.6) is 0 Å². The SMILES string of the molecule is CC1CCN(n2c(C(=O)N(C)C)cc3cnc(Nc4ccc(N5CCNCC5)cn4)nc32)CC1. The maximum atomic E-state index is 13.0. The van der Waals surface area contributed by atoms with Gasteiger partial charge in [0.1, 0.15) is 11.5 Å². The fourth-order valence-corrected chi connectivity index (χ4v) is 4.58. The van der Waals surface area contributed by atoms with Gasteiger partial charge in [-0.2, -0.15) is 4.98 Å². The Morgan fingerprint density at radius 3 is 2.53 bits per heavy atom. The zero-order valence-corrected chi connectivity index (χ0v) is 20.2. The Hall–Kier alpha value is -3.40. The van der Waals surface area contributed by atoms with Crippen LogP contribution < -0.4 is 20.5 Å². The Balaban J connectivity index is 1.43. The summed E-state index contributed by atoms with van der Waals surface area (Å²) in [7, 11) is 3.55. The van der Waals surface area contributed by atoms with E-state index in [9.17, 15) is 4.79 Å². The van der Waals surface area contributed by atoms with Gasteiger partial charge in [-0.15, -0.1) is 0 Å². The molecule has 0 unspecified atom stereocenters. The molecule has 1 amide bonds. The van der Waals surface area contributed by atoms with E-state index in [0.717, 1.165) is 68.8 Å². The zero-order chi connectivity index (χ0) is 23.7. The van der Waals surface area contributed by atoms with Crippen molar-refractivity contribution < 1.29 is 4.79 Å². The number of anilines is 3. The summed E-state index contributed by atoms with van der Waals surface area (Å²) in [6, 6.07) is 5.92. The highest BCUT2D eigenvalue weighted by Crippen LogP contribution is 2.25. The van der Waals surface area contributed by atoms with Crippen molar-refractivity contribution in [3.63, 3.8) is 0 Å². The average molecular weight is 464 g/mol. The van der Waals surface area contributed by atoms with Gasteiger partial charge in [0, 0.05) is 64.9 Å². The smallest absolute Gasteiger partial charge is 0.272 e. The molecule has 10 nitrogen and oxygen atoms in total. The fourth-order valence-electron chi connectivity index (χ4n) is 4.58. The monoisotopic (exact) mass is 463 g/mol. The lowest BCUT2D eigenvalue weighted by Gasteiger charge is -2.34. The van der Waals surface area contributed by atoms with E-state index >= 15 is 0 Å². The summed E-state index contributed by atoms with van der Waals surface area (Å²) in [5.74, 6) is 1.79. The lowest BCUT2D eigenvalue weighted by atomic mass is 10.0. The molecule has 0 aliphatic carbocycles. The Morgan fingerprint density at radius 1 is 1.09 bits per heavy atom. The molecule has 2 N–H and O–H groups in total. The van der Waals surface area contributed by atoms with E-state index in [1.807, 2.05) is 23.0 Å². The second kappa shape index (κ2) is 9.46. The molecule has 180 valence electrons. The predicted octanol–water partition coefficient (Wildman–Crippen LogP) is 2.05. The first-order chi connectivity index (χ1) is 16.5. The van der Waals surface area contributed by atoms with Crippen LogP contribution in [0.3, 0.4) is 0 Å². The lowest BCUT2D eigenvalue weighted by molar-refractivity contribution is 0.0816. The first-order valence-corrected chi connectivity index (χ1v) is 12.0. The van der Waals surface area contributed by atoms with Crippen molar-refractivity contribution in [2.45, 2.75) is 19.8 Å². The van der Waals surface area contributed by atoms with E-state index in [4.69, 9.17) is 4.98 Å². The average Bonchev–Trinajstić information content (AvgIpc) is 3.23. The van der Waals surface area contributed by atoms with Crippen LogP contribution in [0.1, 0.15) is 30.3 Å². The maximum absolute atomic E-state index is 13.0. The van der Waals surface area contributed by atoms with Crippen molar-refractivity contribution in [2.24, 2.45) is 5.92 Å². The molecule has 34 heavy (non-hydrogen) atoms. The molecule has 2 aliphatic heterocycles. The molecule has 2 saturated heterocycles. The highest BCUT2D eigenvalue weighted by molar-refractivity contribution is 5.98. The van der Waals surface area contributed by atoms with Crippen LogP contribution in [0.15, 0.2) is 30.6 Å². The van der Waals surface area contributed by atoms with E-state index in [1.165, 1.54) is 0 Å². The molecular weight excluding hydrogens is 430 g/mol. The molecule has 3 aromatic heterocycles. The molecule has 2 aliphatic rings. The van der Waals surface area contributed by atoms with Crippen molar-refractivity contribution in [1.29, 1.82) is 0 Å². The first-order valence-electron chi connectivity index (χ1n) is 12.0. The molecule has 2 fully saturated rings. The number of carbonyl (C=O) groups is 1. The van der Waals surface area contributed by atoms with Gasteiger partial charge in [-0.3, -0.25) is 4.79 Å². The Kier molecular flexibility index (Phi) is 6.23. The van der Waals surface area contributed by atoms with Gasteiger partial charge >= 0.3 is 0 Å². The molecule has 0 atom stereocenters. The topological polar surface area (TPSA) is 94.5 Å². The van der Waals surface area contributed by atoms with Crippen molar-refractivity contribution in [1.82, 2.24) is 29.8 Å². The highest BCUT2D eigenvalue weighted by Gasteiger charge is 2.25. The summed E-state index contributed by atoms with van der Waals surface area (Å²) in [6.07, 6.45) is 5.84. The molecule has 10 heteroatoms. The van der Waals surface area contributed by atoms with Gasteiger partial charge in [0.15, 0.2) is 5.65 Å². The van der Waals surface area contributed by atoms with Crippen molar-refractivity contribution in [3.8, 4) is 0 Å². The number of hydrogen-bond acceptors (Lipinski definition) is 8. The van der Waals surface area contributed by atoms with E-state index in [-0.39, 0.29) is 5.91 Å². The van der Waals surface area contributed by atoms with Crippen LogP contribution in [-0.2, 0) is 0 Å². The minimum atomic E-state index is -0.0451. The van der Waals surface area contributed by atoms with Gasteiger partial charge in [0.05, 0.1) is 11.9 Å². The second-order valence-electron chi connectivity index (χ2n) is 9.41. The normalized spacial score (nSPS) is 17.3. The standard InChI is InChI=1S/C24H33N9O/c1-17-6-10-32(11-7-17)33-20(23(34)30(2)3)14-18-15-27-24(29-22(18)33)28-21-5-4-19(16-26-21)31-12-8-25-9-13-31/h4-5,14-17,25H,6-13H2,1-3H3,(H,26,27,28,29). The number of rotatable bonds is 5. The summed E-state index contributed by atoms with van der Waals surface area (Å²) in [5.41, 5.74) is 2.46. The van der Waals surface area contributed by atoms with Crippen LogP contribution in [0.2, 0.25) is 0 Å². The van der Waals surface area contributed by atoms with E-state index < -0.39 is 0 Å². The minimum absolute atomic E-state index is 0.0451. The largest absolute Gasteiger partial charge is 0.368 e. The van der Waals surface area contributed by atoms with Gasteiger partial charge in [-0.25, -0.2) is 14.6 Å². The van der Waals surface area contributed by atoms with Crippen molar-refractivity contribution in [2.75, 3.05) is 68.6 Å². The number of nitrogens with one attached hydrogen (secondary N) is 2. The van der Waals surface area contributed by atoms with E-state index in [2.05, 4.69) is 43.5 Å². The van der Waals surface area contributed by atoms with Gasteiger partial charge in [-0.1, -0.05) is 6.92 Å². The first kappa shape index (κ1) is 22.4. The van der Waals surface area contributed by atoms with E-state index in [1.54, 1.807) is 25.2 Å². The molecular formula is C24H33N9O. The molecule has 5 heterocycles. The van der Waals surface area contributed by atoms with Crippen LogP contribution in [0.4, 0.5) is 17.5 Å². The number of piperazine rings is 1. The van der Waals surface area contributed by atoms with Crippen LogP contribution in [-0.4, -0.2) is 83.8 Å². The number of pyridine rings is 1. The van der Waals surface area contributed by atoms with Crippen molar-refractivity contribution >= 4 is 34.4 Å². The third kappa shape index (κ3) is 4.50. The number of aromatic nitrogens is 4. The Labute approximate surface area is 199 Å². The molecule has 0 aromatic carbocycles. The minimum Gasteiger partial charge on any atom is -0.368 e. The van der Waals surface area contributed by atoms with Gasteiger partial charge in [-0.05, 0) is 37.0 Å².